The van der Waals surface area contributed by atoms with E-state index in [1.807, 2.05) is 13.0 Å². The second kappa shape index (κ2) is 5.09. The molecule has 0 spiro atoms. The highest BCUT2D eigenvalue weighted by atomic mass is 35.5. The Hall–Kier alpha value is -2.14. The lowest BCUT2D eigenvalue weighted by atomic mass is 10.1. The van der Waals surface area contributed by atoms with Gasteiger partial charge in [0.2, 0.25) is 6.79 Å². The number of benzene rings is 1. The third-order valence-corrected chi connectivity index (χ3v) is 3.31. The molecule has 2 N–H and O–H groups in total. The molecular weight excluding hydrogens is 280 g/mol. The molecule has 5 nitrogen and oxygen atoms in total. The number of ether oxygens (including phenoxy) is 2. The molecule has 0 bridgehead atoms. The summed E-state index contributed by atoms with van der Waals surface area (Å²) in [7, 11) is 0. The SMILES string of the molecule is Cc1nc(Cl)ccc1NCc1cc2c(cc1O)OCO2. The molecule has 1 aromatic carbocycles. The van der Waals surface area contributed by atoms with Crippen LogP contribution in [0, 0.1) is 6.92 Å². The summed E-state index contributed by atoms with van der Waals surface area (Å²) in [6.07, 6.45) is 0. The van der Waals surface area contributed by atoms with Crippen molar-refractivity contribution in [2.24, 2.45) is 0 Å². The van der Waals surface area contributed by atoms with Crippen LogP contribution < -0.4 is 14.8 Å². The van der Waals surface area contributed by atoms with Crippen molar-refractivity contribution in [2.45, 2.75) is 13.5 Å². The first kappa shape index (κ1) is 12.9. The van der Waals surface area contributed by atoms with Crippen LogP contribution in [0.1, 0.15) is 11.3 Å². The van der Waals surface area contributed by atoms with Crippen LogP contribution in [0.25, 0.3) is 0 Å². The van der Waals surface area contributed by atoms with Gasteiger partial charge in [-0.1, -0.05) is 11.6 Å². The van der Waals surface area contributed by atoms with Crippen molar-refractivity contribution in [3.63, 3.8) is 0 Å². The molecule has 0 aliphatic carbocycles. The first-order chi connectivity index (χ1) is 9.63. The molecule has 0 unspecified atom stereocenters. The van der Waals surface area contributed by atoms with E-state index in [0.29, 0.717) is 23.2 Å². The van der Waals surface area contributed by atoms with Gasteiger partial charge in [-0.3, -0.25) is 0 Å². The first-order valence-electron chi connectivity index (χ1n) is 6.12. The van der Waals surface area contributed by atoms with Gasteiger partial charge >= 0.3 is 0 Å². The number of nitrogens with one attached hydrogen (secondary N) is 1. The summed E-state index contributed by atoms with van der Waals surface area (Å²) in [4.78, 5) is 4.16. The minimum absolute atomic E-state index is 0.168. The number of rotatable bonds is 3. The van der Waals surface area contributed by atoms with E-state index in [-0.39, 0.29) is 12.5 Å². The van der Waals surface area contributed by atoms with Crippen molar-refractivity contribution in [3.05, 3.63) is 40.7 Å². The molecule has 0 saturated heterocycles. The summed E-state index contributed by atoms with van der Waals surface area (Å²) < 4.78 is 10.5. The molecule has 1 aliphatic rings. The summed E-state index contributed by atoms with van der Waals surface area (Å²) in [5, 5.41) is 13.6. The maximum atomic E-state index is 9.95. The third kappa shape index (κ3) is 2.44. The molecule has 104 valence electrons. The summed E-state index contributed by atoms with van der Waals surface area (Å²) in [5.41, 5.74) is 2.40. The van der Waals surface area contributed by atoms with Gasteiger partial charge in [0.05, 0.1) is 11.4 Å². The van der Waals surface area contributed by atoms with Crippen molar-refractivity contribution in [1.82, 2.24) is 4.98 Å². The van der Waals surface area contributed by atoms with Crippen LogP contribution in [0.2, 0.25) is 5.15 Å². The molecular formula is C14H13ClN2O3. The Bertz CT molecular complexity index is 661. The van der Waals surface area contributed by atoms with Gasteiger partial charge in [-0.15, -0.1) is 0 Å². The van der Waals surface area contributed by atoms with Crippen LogP contribution in [-0.2, 0) is 6.54 Å². The molecule has 0 amide bonds. The molecule has 2 aromatic rings. The van der Waals surface area contributed by atoms with E-state index < -0.39 is 0 Å². The first-order valence-corrected chi connectivity index (χ1v) is 6.50. The molecule has 2 heterocycles. The number of anilines is 1. The predicted octanol–water partition coefficient (Wildman–Crippen LogP) is 3.09. The highest BCUT2D eigenvalue weighted by Gasteiger charge is 2.16. The monoisotopic (exact) mass is 292 g/mol. The number of hydrogen-bond acceptors (Lipinski definition) is 5. The number of phenols is 1. The van der Waals surface area contributed by atoms with Crippen LogP contribution in [0.5, 0.6) is 17.2 Å². The summed E-state index contributed by atoms with van der Waals surface area (Å²) >= 11 is 5.81. The lowest BCUT2D eigenvalue weighted by Gasteiger charge is -2.11. The quantitative estimate of drug-likeness (QED) is 0.851. The van der Waals surface area contributed by atoms with Gasteiger partial charge in [-0.2, -0.15) is 0 Å². The van der Waals surface area contributed by atoms with Gasteiger partial charge in [0.25, 0.3) is 0 Å². The molecule has 6 heteroatoms. The Balaban J connectivity index is 1.78. The largest absolute Gasteiger partial charge is 0.507 e. The number of pyridine rings is 1. The van der Waals surface area contributed by atoms with E-state index in [9.17, 15) is 5.11 Å². The van der Waals surface area contributed by atoms with Gasteiger partial charge in [0.15, 0.2) is 11.5 Å². The Morgan fingerprint density at radius 2 is 2.05 bits per heavy atom. The number of fused-ring (bicyclic) bond motifs is 1. The molecule has 0 radical (unpaired) electrons. The molecule has 1 aromatic heterocycles. The van der Waals surface area contributed by atoms with Crippen LogP contribution in [0.4, 0.5) is 5.69 Å². The van der Waals surface area contributed by atoms with E-state index in [0.717, 1.165) is 16.9 Å². The second-order valence-electron chi connectivity index (χ2n) is 4.45. The van der Waals surface area contributed by atoms with Crippen LogP contribution in [0.3, 0.4) is 0 Å². The Morgan fingerprint density at radius 3 is 2.80 bits per heavy atom. The standard InChI is InChI=1S/C14H13ClN2O3/c1-8-10(2-3-14(15)17-8)16-6-9-4-12-13(5-11(9)18)20-7-19-12/h2-5,16,18H,6-7H2,1H3. The fourth-order valence-electron chi connectivity index (χ4n) is 2.02. The van der Waals surface area contributed by atoms with Crippen LogP contribution in [-0.4, -0.2) is 16.9 Å². The molecule has 20 heavy (non-hydrogen) atoms. The number of aromatic hydroxyl groups is 1. The number of aromatic nitrogens is 1. The maximum Gasteiger partial charge on any atom is 0.231 e. The molecule has 0 saturated carbocycles. The molecule has 0 atom stereocenters. The number of hydrogen-bond donors (Lipinski definition) is 2. The van der Waals surface area contributed by atoms with E-state index >= 15 is 0 Å². The van der Waals surface area contributed by atoms with Crippen molar-refractivity contribution >= 4 is 17.3 Å². The van der Waals surface area contributed by atoms with E-state index in [4.69, 9.17) is 21.1 Å². The number of halogens is 1. The van der Waals surface area contributed by atoms with E-state index in [1.54, 1.807) is 18.2 Å². The van der Waals surface area contributed by atoms with Crippen molar-refractivity contribution < 1.29 is 14.6 Å². The van der Waals surface area contributed by atoms with Gasteiger partial charge in [0, 0.05) is 18.2 Å². The molecule has 1 aliphatic heterocycles. The number of phenolic OH excluding ortho intramolecular Hbond substituents is 1. The molecule has 0 fully saturated rings. The third-order valence-electron chi connectivity index (χ3n) is 3.09. The van der Waals surface area contributed by atoms with Gasteiger partial charge in [0.1, 0.15) is 10.9 Å². The Labute approximate surface area is 121 Å². The smallest absolute Gasteiger partial charge is 0.231 e. The average Bonchev–Trinajstić information content (AvgIpc) is 2.84. The second-order valence-corrected chi connectivity index (χ2v) is 4.84. The lowest BCUT2D eigenvalue weighted by Crippen LogP contribution is -2.02. The summed E-state index contributed by atoms with van der Waals surface area (Å²) in [5.74, 6) is 1.38. The molecule has 3 rings (SSSR count). The van der Waals surface area contributed by atoms with Crippen molar-refractivity contribution in [2.75, 3.05) is 12.1 Å². The van der Waals surface area contributed by atoms with Gasteiger partial charge in [-0.05, 0) is 25.1 Å². The summed E-state index contributed by atoms with van der Waals surface area (Å²) in [6.45, 7) is 2.51. The normalized spacial score (nSPS) is 12.5. The topological polar surface area (TPSA) is 63.6 Å². The number of nitrogens with zero attached hydrogens (tertiary/aromatic N) is 1. The van der Waals surface area contributed by atoms with Crippen molar-refractivity contribution in [3.8, 4) is 17.2 Å². The average molecular weight is 293 g/mol. The number of aryl methyl sites for hydroxylation is 1. The highest BCUT2D eigenvalue weighted by molar-refractivity contribution is 6.29. The van der Waals surface area contributed by atoms with E-state index in [2.05, 4.69) is 10.3 Å². The van der Waals surface area contributed by atoms with E-state index in [1.165, 1.54) is 0 Å². The zero-order valence-corrected chi connectivity index (χ0v) is 11.6. The zero-order valence-electron chi connectivity index (χ0n) is 10.8. The van der Waals surface area contributed by atoms with Gasteiger partial charge in [-0.25, -0.2) is 4.98 Å². The van der Waals surface area contributed by atoms with Crippen LogP contribution >= 0.6 is 11.6 Å². The Kier molecular flexibility index (Phi) is 3.28. The lowest BCUT2D eigenvalue weighted by molar-refractivity contribution is 0.174. The predicted molar refractivity (Wildman–Crippen MR) is 75.5 cm³/mol. The minimum atomic E-state index is 0.168. The fourth-order valence-corrected chi connectivity index (χ4v) is 2.21. The zero-order chi connectivity index (χ0) is 14.1. The summed E-state index contributed by atoms with van der Waals surface area (Å²) in [6, 6.07) is 6.90. The maximum absolute atomic E-state index is 9.95. The van der Waals surface area contributed by atoms with Gasteiger partial charge < -0.3 is 19.9 Å². The Morgan fingerprint density at radius 1 is 1.30 bits per heavy atom. The highest BCUT2D eigenvalue weighted by Crippen LogP contribution is 2.37. The fraction of sp³-hybridized carbons (Fsp3) is 0.214. The van der Waals surface area contributed by atoms with Crippen LogP contribution in [0.15, 0.2) is 24.3 Å². The van der Waals surface area contributed by atoms with Crippen molar-refractivity contribution in [1.29, 1.82) is 0 Å². The minimum Gasteiger partial charge on any atom is -0.507 e.